The van der Waals surface area contributed by atoms with Gasteiger partial charge in [0.05, 0.1) is 0 Å². The van der Waals surface area contributed by atoms with Gasteiger partial charge in [0.25, 0.3) is 0 Å². The predicted octanol–water partition coefficient (Wildman–Crippen LogP) is 8.38. The Morgan fingerprint density at radius 2 is 0.971 bits per heavy atom. The van der Waals surface area contributed by atoms with Crippen molar-refractivity contribution in [1.82, 2.24) is 9.97 Å². The molecule has 3 nitrogen and oxygen atoms in total. The summed E-state index contributed by atoms with van der Waals surface area (Å²) >= 11 is 12.4. The van der Waals surface area contributed by atoms with Crippen LogP contribution in [0.25, 0.3) is 54.8 Å². The molecule has 0 aliphatic carbocycles. The third-order valence-corrected chi connectivity index (χ3v) is 6.78. The molecule has 0 saturated carbocycles. The van der Waals surface area contributed by atoms with E-state index in [4.69, 9.17) is 23.2 Å². The van der Waals surface area contributed by atoms with E-state index in [2.05, 4.69) is 22.1 Å². The van der Waals surface area contributed by atoms with Crippen LogP contribution in [0.5, 0.6) is 0 Å². The van der Waals surface area contributed by atoms with Gasteiger partial charge in [-0.05, 0) is 35.4 Å². The Bertz CT molecular complexity index is 1670. The highest BCUT2D eigenvalue weighted by molar-refractivity contribution is 6.50. The van der Waals surface area contributed by atoms with Crippen molar-refractivity contribution < 1.29 is 4.79 Å². The predicted molar refractivity (Wildman–Crippen MR) is 144 cm³/mol. The Labute approximate surface area is 205 Å². The van der Waals surface area contributed by atoms with Crippen LogP contribution in [-0.4, -0.2) is 15.8 Å². The SMILES string of the molecule is O=C(C(=CCl)c1ccc2c(c1)[nH]c1ccccc12)C(=CCl)c1ccc2c(c1)[nH]c1ccccc12. The molecule has 2 N–H and O–H groups in total. The standard InChI is InChI=1S/C29H18Cl2N2O/c30-15-23(17-9-11-21-19-5-1-3-7-25(19)32-27(21)13-17)29(34)24(16-31)18-10-12-22-20-6-2-4-8-26(20)33-28(22)14-18/h1-16,32-33H. The summed E-state index contributed by atoms with van der Waals surface area (Å²) in [5, 5.41) is 4.47. The van der Waals surface area contributed by atoms with E-state index in [0.717, 1.165) is 54.7 Å². The number of H-pyrrole nitrogens is 2. The fourth-order valence-corrected chi connectivity index (χ4v) is 5.13. The molecule has 6 aromatic rings. The Kier molecular flexibility index (Phi) is 5.02. The van der Waals surface area contributed by atoms with Gasteiger partial charge in [-0.25, -0.2) is 0 Å². The van der Waals surface area contributed by atoms with Gasteiger partial charge in [0.1, 0.15) is 0 Å². The first-order valence-corrected chi connectivity index (χ1v) is 11.7. The molecule has 5 heteroatoms. The van der Waals surface area contributed by atoms with Crippen LogP contribution in [-0.2, 0) is 4.79 Å². The van der Waals surface area contributed by atoms with E-state index < -0.39 is 0 Å². The molecule has 0 unspecified atom stereocenters. The lowest BCUT2D eigenvalue weighted by Gasteiger charge is -2.10. The molecule has 0 radical (unpaired) electrons. The van der Waals surface area contributed by atoms with Crippen molar-refractivity contribution in [2.24, 2.45) is 0 Å². The molecule has 0 aliphatic rings. The van der Waals surface area contributed by atoms with Gasteiger partial charge in [-0.2, -0.15) is 0 Å². The minimum Gasteiger partial charge on any atom is -0.354 e. The molecule has 0 atom stereocenters. The molecule has 2 heterocycles. The molecule has 0 aliphatic heterocycles. The van der Waals surface area contributed by atoms with Gasteiger partial charge in [0.15, 0.2) is 5.78 Å². The Hall–Kier alpha value is -3.79. The van der Waals surface area contributed by atoms with Crippen LogP contribution >= 0.6 is 23.2 Å². The Balaban J connectivity index is 1.41. The number of hydrogen-bond donors (Lipinski definition) is 2. The number of carbonyl (C=O) groups excluding carboxylic acids is 1. The first kappa shape index (κ1) is 20.8. The highest BCUT2D eigenvalue weighted by Gasteiger charge is 2.20. The highest BCUT2D eigenvalue weighted by Crippen LogP contribution is 2.33. The maximum atomic E-state index is 13.6. The summed E-state index contributed by atoms with van der Waals surface area (Å²) in [4.78, 5) is 20.4. The number of allylic oxidation sites excluding steroid dienone is 2. The van der Waals surface area contributed by atoms with E-state index in [9.17, 15) is 4.79 Å². The third kappa shape index (κ3) is 3.25. The first-order chi connectivity index (χ1) is 16.7. The van der Waals surface area contributed by atoms with Gasteiger partial charge in [-0.3, -0.25) is 4.79 Å². The number of benzene rings is 4. The molecule has 2 aromatic heterocycles. The first-order valence-electron chi connectivity index (χ1n) is 10.8. The van der Waals surface area contributed by atoms with Crippen LogP contribution in [0.2, 0.25) is 0 Å². The number of hydrogen-bond acceptors (Lipinski definition) is 1. The number of rotatable bonds is 4. The van der Waals surface area contributed by atoms with Crippen LogP contribution < -0.4 is 0 Å². The zero-order valence-electron chi connectivity index (χ0n) is 17.9. The van der Waals surface area contributed by atoms with Crippen LogP contribution in [0.3, 0.4) is 0 Å². The second kappa shape index (κ2) is 8.21. The van der Waals surface area contributed by atoms with Crippen LogP contribution in [0.1, 0.15) is 11.1 Å². The fourth-order valence-electron chi connectivity index (χ4n) is 4.68. The lowest BCUT2D eigenvalue weighted by atomic mass is 9.93. The number of ketones is 1. The van der Waals surface area contributed by atoms with E-state index in [0.29, 0.717) is 11.1 Å². The van der Waals surface area contributed by atoms with Gasteiger partial charge in [0, 0.05) is 65.8 Å². The van der Waals surface area contributed by atoms with E-state index in [-0.39, 0.29) is 5.78 Å². The molecule has 4 aromatic carbocycles. The van der Waals surface area contributed by atoms with Crippen molar-refractivity contribution in [1.29, 1.82) is 0 Å². The van der Waals surface area contributed by atoms with Crippen molar-refractivity contribution in [3.8, 4) is 0 Å². The average molecular weight is 481 g/mol. The van der Waals surface area contributed by atoms with Gasteiger partial charge in [0.2, 0.25) is 0 Å². The van der Waals surface area contributed by atoms with Gasteiger partial charge < -0.3 is 9.97 Å². The molecular formula is C29H18Cl2N2O. The van der Waals surface area contributed by atoms with Crippen LogP contribution in [0, 0.1) is 0 Å². The number of halogens is 2. The normalized spacial score (nSPS) is 12.9. The minimum atomic E-state index is -0.240. The Morgan fingerprint density at radius 1 is 0.559 bits per heavy atom. The number of aromatic amines is 2. The van der Waals surface area contributed by atoms with Crippen LogP contribution in [0.4, 0.5) is 0 Å². The van der Waals surface area contributed by atoms with Crippen molar-refractivity contribution >= 4 is 83.7 Å². The second-order valence-corrected chi connectivity index (χ2v) is 8.67. The maximum absolute atomic E-state index is 13.6. The van der Waals surface area contributed by atoms with Crippen LogP contribution in [0.15, 0.2) is 96.0 Å². The monoisotopic (exact) mass is 480 g/mol. The topological polar surface area (TPSA) is 48.6 Å². The summed E-state index contributed by atoms with van der Waals surface area (Å²) in [6.45, 7) is 0. The summed E-state index contributed by atoms with van der Waals surface area (Å²) in [6.07, 6.45) is 0. The number of Topliss-reactive ketones (excluding diaryl/α,β-unsaturated/α-hetero) is 1. The number of para-hydroxylation sites is 2. The number of aromatic nitrogens is 2. The average Bonchev–Trinajstić information content (AvgIpc) is 3.42. The van der Waals surface area contributed by atoms with E-state index in [1.54, 1.807) is 0 Å². The zero-order valence-corrected chi connectivity index (χ0v) is 19.4. The molecule has 0 saturated heterocycles. The molecular weight excluding hydrogens is 463 g/mol. The minimum absolute atomic E-state index is 0.240. The molecule has 6 rings (SSSR count). The molecule has 0 bridgehead atoms. The van der Waals surface area contributed by atoms with Crippen molar-refractivity contribution in [3.05, 3.63) is 107 Å². The summed E-state index contributed by atoms with van der Waals surface area (Å²) in [5.74, 6) is -0.240. The molecule has 34 heavy (non-hydrogen) atoms. The largest absolute Gasteiger partial charge is 0.354 e. The molecule has 0 spiro atoms. The number of fused-ring (bicyclic) bond motifs is 6. The lowest BCUT2D eigenvalue weighted by molar-refractivity contribution is -0.108. The molecule has 0 amide bonds. The maximum Gasteiger partial charge on any atom is 0.196 e. The van der Waals surface area contributed by atoms with Gasteiger partial charge >= 0.3 is 0 Å². The van der Waals surface area contributed by atoms with Gasteiger partial charge in [-0.15, -0.1) is 0 Å². The van der Waals surface area contributed by atoms with E-state index in [1.165, 1.54) is 11.1 Å². The van der Waals surface area contributed by atoms with Crippen molar-refractivity contribution in [2.75, 3.05) is 0 Å². The second-order valence-electron chi connectivity index (χ2n) is 8.24. The summed E-state index contributed by atoms with van der Waals surface area (Å²) < 4.78 is 0. The molecule has 164 valence electrons. The van der Waals surface area contributed by atoms with E-state index in [1.807, 2.05) is 72.8 Å². The molecule has 0 fully saturated rings. The van der Waals surface area contributed by atoms with Crippen molar-refractivity contribution in [3.63, 3.8) is 0 Å². The Morgan fingerprint density at radius 3 is 1.41 bits per heavy atom. The van der Waals surface area contributed by atoms with E-state index >= 15 is 0 Å². The summed E-state index contributed by atoms with van der Waals surface area (Å²) in [6, 6.07) is 28.0. The zero-order chi connectivity index (χ0) is 23.2. The lowest BCUT2D eigenvalue weighted by Crippen LogP contribution is -2.05. The van der Waals surface area contributed by atoms with Crippen molar-refractivity contribution in [2.45, 2.75) is 0 Å². The summed E-state index contributed by atoms with van der Waals surface area (Å²) in [5.41, 5.74) is 8.84. The quantitative estimate of drug-likeness (QED) is 0.244. The number of carbonyl (C=O) groups is 1. The summed E-state index contributed by atoms with van der Waals surface area (Å²) in [7, 11) is 0. The smallest absolute Gasteiger partial charge is 0.196 e. The number of nitrogens with one attached hydrogen (secondary N) is 2. The van der Waals surface area contributed by atoms with Gasteiger partial charge in [-0.1, -0.05) is 83.9 Å². The fraction of sp³-hybridized carbons (Fsp3) is 0. The third-order valence-electron chi connectivity index (χ3n) is 6.34. The highest BCUT2D eigenvalue weighted by atomic mass is 35.5.